The van der Waals surface area contributed by atoms with Gasteiger partial charge in [0.25, 0.3) is 0 Å². The molecule has 0 saturated carbocycles. The SMILES string of the molecule is CC(C)Cc1nc2cc3c(cc2n1C)CCCN3. The van der Waals surface area contributed by atoms with Crippen LogP contribution in [0.15, 0.2) is 12.1 Å². The van der Waals surface area contributed by atoms with Gasteiger partial charge in [-0.2, -0.15) is 0 Å². The van der Waals surface area contributed by atoms with Crippen LogP contribution in [-0.2, 0) is 19.9 Å². The number of aryl methyl sites for hydroxylation is 2. The van der Waals surface area contributed by atoms with E-state index in [0.29, 0.717) is 5.92 Å². The average Bonchev–Trinajstić information content (AvgIpc) is 2.63. The van der Waals surface area contributed by atoms with Crippen molar-refractivity contribution in [3.8, 4) is 0 Å². The van der Waals surface area contributed by atoms with Crippen molar-refractivity contribution in [2.75, 3.05) is 11.9 Å². The van der Waals surface area contributed by atoms with Crippen LogP contribution in [0.3, 0.4) is 0 Å². The summed E-state index contributed by atoms with van der Waals surface area (Å²) in [5, 5.41) is 3.47. The lowest BCUT2D eigenvalue weighted by molar-refractivity contribution is 0.606. The van der Waals surface area contributed by atoms with Crippen molar-refractivity contribution in [1.29, 1.82) is 0 Å². The largest absolute Gasteiger partial charge is 0.385 e. The summed E-state index contributed by atoms with van der Waals surface area (Å²) in [6.45, 7) is 5.57. The predicted molar refractivity (Wildman–Crippen MR) is 76.1 cm³/mol. The van der Waals surface area contributed by atoms with Gasteiger partial charge in [0.05, 0.1) is 11.0 Å². The standard InChI is InChI=1S/C15H21N3/c1-10(2)7-15-17-13-9-12-11(5-4-6-16-12)8-14(13)18(15)3/h8-10,16H,4-7H2,1-3H3. The zero-order chi connectivity index (χ0) is 12.7. The second-order valence-electron chi connectivity index (χ2n) is 5.71. The first-order chi connectivity index (χ1) is 8.65. The Bertz CT molecular complexity index is 581. The van der Waals surface area contributed by atoms with E-state index in [1.807, 2.05) is 0 Å². The van der Waals surface area contributed by atoms with Gasteiger partial charge in [0.2, 0.25) is 0 Å². The molecule has 2 aromatic rings. The zero-order valence-electron chi connectivity index (χ0n) is 11.5. The second-order valence-corrected chi connectivity index (χ2v) is 5.71. The van der Waals surface area contributed by atoms with Gasteiger partial charge in [-0.25, -0.2) is 4.98 Å². The molecule has 3 heteroatoms. The van der Waals surface area contributed by atoms with Crippen molar-refractivity contribution in [1.82, 2.24) is 9.55 Å². The first kappa shape index (κ1) is 11.6. The predicted octanol–water partition coefficient (Wildman–Crippen LogP) is 3.13. The maximum Gasteiger partial charge on any atom is 0.109 e. The number of nitrogens with one attached hydrogen (secondary N) is 1. The highest BCUT2D eigenvalue weighted by atomic mass is 15.1. The summed E-state index contributed by atoms with van der Waals surface area (Å²) in [5.74, 6) is 1.84. The van der Waals surface area contributed by atoms with Gasteiger partial charge in [-0.15, -0.1) is 0 Å². The Hall–Kier alpha value is -1.51. The van der Waals surface area contributed by atoms with Crippen molar-refractivity contribution < 1.29 is 0 Å². The molecule has 96 valence electrons. The topological polar surface area (TPSA) is 29.9 Å². The third kappa shape index (κ3) is 1.88. The molecular weight excluding hydrogens is 222 g/mol. The fraction of sp³-hybridized carbons (Fsp3) is 0.533. The van der Waals surface area contributed by atoms with Crippen molar-refractivity contribution in [3.63, 3.8) is 0 Å². The molecule has 2 heterocycles. The molecule has 1 aliphatic rings. The number of imidazole rings is 1. The Balaban J connectivity index is 2.12. The molecule has 3 rings (SSSR count). The fourth-order valence-corrected chi connectivity index (χ4v) is 2.75. The van der Waals surface area contributed by atoms with Crippen LogP contribution in [0.5, 0.6) is 0 Å². The van der Waals surface area contributed by atoms with E-state index < -0.39 is 0 Å². The van der Waals surface area contributed by atoms with Crippen LogP contribution in [0.25, 0.3) is 11.0 Å². The summed E-state index contributed by atoms with van der Waals surface area (Å²) < 4.78 is 2.25. The third-order valence-corrected chi connectivity index (χ3v) is 3.73. The van der Waals surface area contributed by atoms with Crippen molar-refractivity contribution in [2.45, 2.75) is 33.1 Å². The van der Waals surface area contributed by atoms with Crippen LogP contribution in [0.4, 0.5) is 5.69 Å². The van der Waals surface area contributed by atoms with E-state index >= 15 is 0 Å². The lowest BCUT2D eigenvalue weighted by Crippen LogP contribution is -2.11. The highest BCUT2D eigenvalue weighted by Crippen LogP contribution is 2.28. The molecule has 0 radical (unpaired) electrons. The normalized spacial score (nSPS) is 14.9. The number of anilines is 1. The van der Waals surface area contributed by atoms with Crippen molar-refractivity contribution in [2.24, 2.45) is 13.0 Å². The molecule has 0 aliphatic carbocycles. The first-order valence-corrected chi connectivity index (χ1v) is 6.87. The maximum absolute atomic E-state index is 4.78. The summed E-state index contributed by atoms with van der Waals surface area (Å²) in [5.41, 5.74) is 5.12. The molecule has 1 aliphatic heterocycles. The molecule has 0 fully saturated rings. The Morgan fingerprint density at radius 1 is 1.39 bits per heavy atom. The van der Waals surface area contributed by atoms with Gasteiger partial charge in [-0.05, 0) is 36.5 Å². The van der Waals surface area contributed by atoms with Gasteiger partial charge >= 0.3 is 0 Å². The minimum absolute atomic E-state index is 0.647. The zero-order valence-corrected chi connectivity index (χ0v) is 11.5. The van der Waals surface area contributed by atoms with Gasteiger partial charge in [-0.1, -0.05) is 13.8 Å². The van der Waals surface area contributed by atoms with Crippen LogP contribution in [0.2, 0.25) is 0 Å². The summed E-state index contributed by atoms with van der Waals surface area (Å²) in [6, 6.07) is 4.53. The molecule has 1 aromatic heterocycles. The van der Waals surface area contributed by atoms with Crippen molar-refractivity contribution >= 4 is 16.7 Å². The Kier molecular flexibility index (Phi) is 2.77. The quantitative estimate of drug-likeness (QED) is 0.878. The monoisotopic (exact) mass is 243 g/mol. The summed E-state index contributed by atoms with van der Waals surface area (Å²) in [7, 11) is 2.13. The Morgan fingerprint density at radius 2 is 2.22 bits per heavy atom. The van der Waals surface area contributed by atoms with E-state index in [1.165, 1.54) is 35.4 Å². The van der Waals surface area contributed by atoms with E-state index in [9.17, 15) is 0 Å². The van der Waals surface area contributed by atoms with Crippen LogP contribution >= 0.6 is 0 Å². The van der Waals surface area contributed by atoms with Crippen molar-refractivity contribution in [3.05, 3.63) is 23.5 Å². The molecule has 0 spiro atoms. The number of fused-ring (bicyclic) bond motifs is 2. The second kappa shape index (κ2) is 4.30. The fourth-order valence-electron chi connectivity index (χ4n) is 2.75. The lowest BCUT2D eigenvalue weighted by atomic mass is 10.0. The molecule has 0 saturated heterocycles. The van der Waals surface area contributed by atoms with Crippen LogP contribution in [0.1, 0.15) is 31.7 Å². The van der Waals surface area contributed by atoms with E-state index in [2.05, 4.69) is 42.9 Å². The molecule has 1 N–H and O–H groups in total. The molecule has 0 amide bonds. The lowest BCUT2D eigenvalue weighted by Gasteiger charge is -2.17. The van der Waals surface area contributed by atoms with Gasteiger partial charge in [0.1, 0.15) is 5.82 Å². The van der Waals surface area contributed by atoms with Crippen LogP contribution in [0, 0.1) is 5.92 Å². The minimum Gasteiger partial charge on any atom is -0.385 e. The maximum atomic E-state index is 4.78. The van der Waals surface area contributed by atoms with E-state index in [0.717, 1.165) is 18.5 Å². The van der Waals surface area contributed by atoms with Gasteiger partial charge in [0.15, 0.2) is 0 Å². The smallest absolute Gasteiger partial charge is 0.109 e. The van der Waals surface area contributed by atoms with Gasteiger partial charge in [0, 0.05) is 25.7 Å². The van der Waals surface area contributed by atoms with E-state index in [-0.39, 0.29) is 0 Å². The number of hydrogen-bond acceptors (Lipinski definition) is 2. The molecule has 0 bridgehead atoms. The number of aromatic nitrogens is 2. The minimum atomic E-state index is 0.647. The molecule has 3 nitrogen and oxygen atoms in total. The number of benzene rings is 1. The van der Waals surface area contributed by atoms with E-state index in [4.69, 9.17) is 4.98 Å². The van der Waals surface area contributed by atoms with Crippen LogP contribution < -0.4 is 5.32 Å². The molecule has 1 aromatic carbocycles. The number of nitrogens with zero attached hydrogens (tertiary/aromatic N) is 2. The molecule has 18 heavy (non-hydrogen) atoms. The van der Waals surface area contributed by atoms with Crippen LogP contribution in [-0.4, -0.2) is 16.1 Å². The van der Waals surface area contributed by atoms with Gasteiger partial charge in [-0.3, -0.25) is 0 Å². The molecule has 0 atom stereocenters. The average molecular weight is 243 g/mol. The molecule has 0 unspecified atom stereocenters. The Morgan fingerprint density at radius 3 is 3.00 bits per heavy atom. The number of hydrogen-bond donors (Lipinski definition) is 1. The highest BCUT2D eigenvalue weighted by Gasteiger charge is 2.14. The summed E-state index contributed by atoms with van der Waals surface area (Å²) in [6.07, 6.45) is 3.46. The number of rotatable bonds is 2. The summed E-state index contributed by atoms with van der Waals surface area (Å²) >= 11 is 0. The highest BCUT2D eigenvalue weighted by molar-refractivity contribution is 5.82. The third-order valence-electron chi connectivity index (χ3n) is 3.73. The molecular formula is C15H21N3. The van der Waals surface area contributed by atoms with Gasteiger partial charge < -0.3 is 9.88 Å². The van der Waals surface area contributed by atoms with E-state index in [1.54, 1.807) is 0 Å². The summed E-state index contributed by atoms with van der Waals surface area (Å²) in [4.78, 5) is 4.78. The Labute approximate surface area is 108 Å². The first-order valence-electron chi connectivity index (χ1n) is 6.87.